The number of hydrogen-bond donors (Lipinski definition) is 1. The summed E-state index contributed by atoms with van der Waals surface area (Å²) >= 11 is 5.92. The largest absolute Gasteiger partial charge is 0.452 e. The third-order valence-corrected chi connectivity index (χ3v) is 5.75. The Labute approximate surface area is 164 Å². The van der Waals surface area contributed by atoms with Crippen LogP contribution in [0.1, 0.15) is 16.9 Å². The summed E-state index contributed by atoms with van der Waals surface area (Å²) in [6.07, 6.45) is -4.68. The number of nitrogens with one attached hydrogen (secondary N) is 1. The van der Waals surface area contributed by atoms with E-state index in [0.717, 1.165) is 6.07 Å². The average Bonchev–Trinajstić information content (AvgIpc) is 3.08. The Morgan fingerprint density at radius 1 is 1.04 bits per heavy atom. The van der Waals surface area contributed by atoms with Crippen LogP contribution < -0.4 is 4.72 Å². The van der Waals surface area contributed by atoms with Gasteiger partial charge in [0.25, 0.3) is 10.0 Å². The fourth-order valence-electron chi connectivity index (χ4n) is 2.50. The van der Waals surface area contributed by atoms with Crippen molar-refractivity contribution in [2.75, 3.05) is 4.72 Å². The van der Waals surface area contributed by atoms with Crippen molar-refractivity contribution in [3.05, 3.63) is 64.4 Å². The molecule has 1 heterocycles. The number of aromatic nitrogens is 1. The SMILES string of the molecule is Cc1ccc(Cl)cc1NS(=O)(=O)c1cc(-c2cc(C(F)(F)F)on2)ccc1C. The fraction of sp³-hybridized carbons (Fsp3) is 0.167. The number of benzene rings is 2. The summed E-state index contributed by atoms with van der Waals surface area (Å²) < 4.78 is 70.6. The summed E-state index contributed by atoms with van der Waals surface area (Å²) in [7, 11) is -4.02. The molecule has 0 bridgehead atoms. The van der Waals surface area contributed by atoms with Crippen molar-refractivity contribution in [1.29, 1.82) is 0 Å². The van der Waals surface area contributed by atoms with Crippen molar-refractivity contribution >= 4 is 27.3 Å². The zero-order valence-electron chi connectivity index (χ0n) is 14.6. The maximum absolute atomic E-state index is 12.9. The standard InChI is InChI=1S/C18H14ClF3N2O3S/c1-10-4-6-13(19)8-14(10)24-28(25,26)16-7-12(5-3-11(16)2)15-9-17(27-23-15)18(20,21)22/h3-9,24H,1-2H3. The lowest BCUT2D eigenvalue weighted by molar-refractivity contribution is -0.155. The van der Waals surface area contributed by atoms with E-state index < -0.39 is 22.0 Å². The van der Waals surface area contributed by atoms with E-state index in [1.165, 1.54) is 24.3 Å². The van der Waals surface area contributed by atoms with Crippen LogP contribution in [0.4, 0.5) is 18.9 Å². The number of alkyl halides is 3. The van der Waals surface area contributed by atoms with E-state index in [-0.39, 0.29) is 16.2 Å². The van der Waals surface area contributed by atoms with Crippen LogP contribution in [0.15, 0.2) is 51.9 Å². The molecule has 0 saturated carbocycles. The van der Waals surface area contributed by atoms with Crippen LogP contribution in [0.3, 0.4) is 0 Å². The van der Waals surface area contributed by atoms with Crippen molar-refractivity contribution in [1.82, 2.24) is 5.16 Å². The maximum Gasteiger partial charge on any atom is 0.452 e. The third-order valence-electron chi connectivity index (χ3n) is 4.01. The van der Waals surface area contributed by atoms with E-state index in [9.17, 15) is 21.6 Å². The van der Waals surface area contributed by atoms with Crippen LogP contribution in [0.25, 0.3) is 11.3 Å². The first kappa shape index (κ1) is 20.2. The fourth-order valence-corrected chi connectivity index (χ4v) is 4.06. The second kappa shape index (κ2) is 7.14. The number of hydrogen-bond acceptors (Lipinski definition) is 4. The van der Waals surface area contributed by atoms with E-state index in [2.05, 4.69) is 14.4 Å². The minimum atomic E-state index is -4.68. The molecule has 0 aliphatic heterocycles. The van der Waals surface area contributed by atoms with Crippen LogP contribution in [0.5, 0.6) is 0 Å². The Hall–Kier alpha value is -2.52. The predicted octanol–water partition coefficient (Wildman–Crippen LogP) is 5.43. The zero-order valence-corrected chi connectivity index (χ0v) is 16.2. The third kappa shape index (κ3) is 4.15. The summed E-state index contributed by atoms with van der Waals surface area (Å²) in [6.45, 7) is 3.29. The first-order chi connectivity index (χ1) is 13.0. The van der Waals surface area contributed by atoms with Gasteiger partial charge in [0.05, 0.1) is 10.6 Å². The van der Waals surface area contributed by atoms with Crippen LogP contribution in [0.2, 0.25) is 5.02 Å². The van der Waals surface area contributed by atoms with E-state index in [4.69, 9.17) is 11.6 Å². The molecule has 2 aromatic carbocycles. The Balaban J connectivity index is 2.01. The van der Waals surface area contributed by atoms with Gasteiger partial charge in [-0.25, -0.2) is 8.42 Å². The van der Waals surface area contributed by atoms with Gasteiger partial charge in [-0.2, -0.15) is 13.2 Å². The quantitative estimate of drug-likeness (QED) is 0.599. The van der Waals surface area contributed by atoms with Crippen LogP contribution in [0, 0.1) is 13.8 Å². The molecule has 1 aromatic heterocycles. The van der Waals surface area contributed by atoms with Crippen molar-refractivity contribution < 1.29 is 26.1 Å². The van der Waals surface area contributed by atoms with Crippen molar-refractivity contribution in [3.8, 4) is 11.3 Å². The molecule has 0 amide bonds. The highest BCUT2D eigenvalue weighted by Crippen LogP contribution is 2.33. The van der Waals surface area contributed by atoms with E-state index >= 15 is 0 Å². The molecule has 148 valence electrons. The van der Waals surface area contributed by atoms with E-state index in [1.807, 2.05) is 0 Å². The molecule has 5 nitrogen and oxygen atoms in total. The number of nitrogens with zero attached hydrogens (tertiary/aromatic N) is 1. The Morgan fingerprint density at radius 3 is 2.36 bits per heavy atom. The van der Waals surface area contributed by atoms with Crippen LogP contribution >= 0.6 is 11.6 Å². The van der Waals surface area contributed by atoms with Gasteiger partial charge >= 0.3 is 6.18 Å². The molecule has 0 atom stereocenters. The monoisotopic (exact) mass is 430 g/mol. The van der Waals surface area contributed by atoms with E-state index in [1.54, 1.807) is 26.0 Å². The van der Waals surface area contributed by atoms with Crippen LogP contribution in [-0.2, 0) is 16.2 Å². The lowest BCUT2D eigenvalue weighted by atomic mass is 10.1. The number of rotatable bonds is 4. The molecule has 3 aromatic rings. The highest BCUT2D eigenvalue weighted by molar-refractivity contribution is 7.92. The summed E-state index contributed by atoms with van der Waals surface area (Å²) in [4.78, 5) is -0.0964. The number of halogens is 4. The van der Waals surface area contributed by atoms with Gasteiger partial charge in [0.2, 0.25) is 5.76 Å². The van der Waals surface area contributed by atoms with Gasteiger partial charge in [0.1, 0.15) is 5.69 Å². The predicted molar refractivity (Wildman–Crippen MR) is 98.7 cm³/mol. The lowest BCUT2D eigenvalue weighted by Gasteiger charge is -2.13. The smallest absolute Gasteiger partial charge is 0.351 e. The number of aryl methyl sites for hydroxylation is 2. The summed E-state index contributed by atoms with van der Waals surface area (Å²) in [5, 5.41) is 3.75. The second-order valence-electron chi connectivity index (χ2n) is 6.12. The van der Waals surface area contributed by atoms with Gasteiger partial charge in [-0.3, -0.25) is 4.72 Å². The zero-order chi connectivity index (χ0) is 20.7. The van der Waals surface area contributed by atoms with Crippen molar-refractivity contribution in [2.24, 2.45) is 0 Å². The Morgan fingerprint density at radius 2 is 1.71 bits per heavy atom. The Kier molecular flexibility index (Phi) is 5.16. The molecule has 1 N–H and O–H groups in total. The van der Waals surface area contributed by atoms with Crippen molar-refractivity contribution in [2.45, 2.75) is 24.9 Å². The highest BCUT2D eigenvalue weighted by atomic mass is 35.5. The molecule has 0 radical (unpaired) electrons. The highest BCUT2D eigenvalue weighted by Gasteiger charge is 2.36. The van der Waals surface area contributed by atoms with Gasteiger partial charge in [-0.15, -0.1) is 0 Å². The normalized spacial score (nSPS) is 12.2. The lowest BCUT2D eigenvalue weighted by Crippen LogP contribution is -2.15. The molecule has 28 heavy (non-hydrogen) atoms. The minimum absolute atomic E-state index is 0.0964. The number of sulfonamides is 1. The molecular weight excluding hydrogens is 417 g/mol. The Bertz CT molecular complexity index is 1140. The van der Waals surface area contributed by atoms with Gasteiger partial charge in [-0.05, 0) is 43.2 Å². The summed E-state index contributed by atoms with van der Waals surface area (Å²) in [6, 6.07) is 9.68. The molecule has 0 spiro atoms. The molecule has 3 rings (SSSR count). The molecule has 0 fully saturated rings. The summed E-state index contributed by atoms with van der Waals surface area (Å²) in [5.74, 6) is -1.26. The number of anilines is 1. The van der Waals surface area contributed by atoms with Gasteiger partial charge < -0.3 is 4.52 Å². The molecule has 0 saturated heterocycles. The van der Waals surface area contributed by atoms with Crippen LogP contribution in [-0.4, -0.2) is 13.6 Å². The molecular formula is C18H14ClF3N2O3S. The molecule has 0 unspecified atom stereocenters. The molecule has 0 aliphatic carbocycles. The average molecular weight is 431 g/mol. The first-order valence-electron chi connectivity index (χ1n) is 7.91. The van der Waals surface area contributed by atoms with Gasteiger partial charge in [0, 0.05) is 16.7 Å². The molecule has 10 heteroatoms. The van der Waals surface area contributed by atoms with E-state index in [0.29, 0.717) is 21.8 Å². The summed E-state index contributed by atoms with van der Waals surface area (Å²) in [5.41, 5.74) is 1.43. The second-order valence-corrected chi connectivity index (χ2v) is 8.21. The van der Waals surface area contributed by atoms with Gasteiger partial charge in [0.15, 0.2) is 0 Å². The minimum Gasteiger partial charge on any atom is -0.351 e. The maximum atomic E-state index is 12.9. The van der Waals surface area contributed by atoms with Gasteiger partial charge in [-0.1, -0.05) is 35.0 Å². The first-order valence-corrected chi connectivity index (χ1v) is 9.77. The molecule has 0 aliphatic rings. The topological polar surface area (TPSA) is 72.2 Å². The van der Waals surface area contributed by atoms with Crippen molar-refractivity contribution in [3.63, 3.8) is 0 Å².